The molecule has 3 heteroatoms. The van der Waals surface area contributed by atoms with Gasteiger partial charge in [0.15, 0.2) is 0 Å². The van der Waals surface area contributed by atoms with Gasteiger partial charge in [-0.25, -0.2) is 4.39 Å². The van der Waals surface area contributed by atoms with E-state index in [-0.39, 0.29) is 17.7 Å². The minimum atomic E-state index is -0.365. The van der Waals surface area contributed by atoms with Crippen molar-refractivity contribution in [3.8, 4) is 0 Å². The van der Waals surface area contributed by atoms with Crippen LogP contribution < -0.4 is 0 Å². The Bertz CT molecular complexity index is 323. The zero-order valence-corrected chi connectivity index (χ0v) is 8.29. The quantitative estimate of drug-likeness (QED) is 0.694. The van der Waals surface area contributed by atoms with Crippen molar-refractivity contribution < 1.29 is 13.9 Å². The number of methoxy groups -OCH3 is 1. The third kappa shape index (κ3) is 2.31. The molecular formula is C11H13FO2. The second-order valence-corrected chi connectivity index (χ2v) is 3.04. The summed E-state index contributed by atoms with van der Waals surface area (Å²) in [7, 11) is 1.34. The number of carbonyl (C=O) groups excluding carboxylic acids is 1. The molecule has 1 aromatic rings. The molecule has 0 radical (unpaired) electrons. The molecule has 1 rings (SSSR count). The van der Waals surface area contributed by atoms with Gasteiger partial charge in [-0.3, -0.25) is 4.79 Å². The van der Waals surface area contributed by atoms with Crippen molar-refractivity contribution in [1.29, 1.82) is 0 Å². The van der Waals surface area contributed by atoms with Gasteiger partial charge in [-0.15, -0.1) is 0 Å². The molecular weight excluding hydrogens is 183 g/mol. The number of hydrogen-bond acceptors (Lipinski definition) is 2. The van der Waals surface area contributed by atoms with Gasteiger partial charge >= 0.3 is 5.97 Å². The van der Waals surface area contributed by atoms with Gasteiger partial charge < -0.3 is 4.74 Å². The van der Waals surface area contributed by atoms with Crippen LogP contribution in [0.2, 0.25) is 0 Å². The Morgan fingerprint density at radius 1 is 1.57 bits per heavy atom. The monoisotopic (exact) mass is 196 g/mol. The fourth-order valence-electron chi connectivity index (χ4n) is 1.40. The molecule has 0 heterocycles. The van der Waals surface area contributed by atoms with E-state index < -0.39 is 0 Å². The second kappa shape index (κ2) is 4.74. The normalized spacial score (nSPS) is 12.2. The molecule has 0 aliphatic rings. The van der Waals surface area contributed by atoms with Gasteiger partial charge in [-0.2, -0.15) is 0 Å². The van der Waals surface area contributed by atoms with Crippen LogP contribution in [0, 0.1) is 5.82 Å². The van der Waals surface area contributed by atoms with Gasteiger partial charge in [-0.05, 0) is 24.1 Å². The van der Waals surface area contributed by atoms with Crippen LogP contribution in [0.5, 0.6) is 0 Å². The maximum Gasteiger partial charge on any atom is 0.313 e. The summed E-state index contributed by atoms with van der Waals surface area (Å²) in [5.41, 5.74) is 0.666. The van der Waals surface area contributed by atoms with Crippen molar-refractivity contribution in [1.82, 2.24) is 0 Å². The highest BCUT2D eigenvalue weighted by Crippen LogP contribution is 2.21. The number of rotatable bonds is 3. The summed E-state index contributed by atoms with van der Waals surface area (Å²) in [5, 5.41) is 0. The van der Waals surface area contributed by atoms with Gasteiger partial charge in [0.25, 0.3) is 0 Å². The molecule has 1 atom stereocenters. The molecule has 2 nitrogen and oxygen atoms in total. The second-order valence-electron chi connectivity index (χ2n) is 3.04. The van der Waals surface area contributed by atoms with Crippen molar-refractivity contribution in [2.24, 2.45) is 0 Å². The summed E-state index contributed by atoms with van der Waals surface area (Å²) in [6.45, 7) is 1.87. The van der Waals surface area contributed by atoms with Crippen molar-refractivity contribution in [2.45, 2.75) is 19.3 Å². The van der Waals surface area contributed by atoms with Crippen molar-refractivity contribution in [3.63, 3.8) is 0 Å². The molecule has 0 aliphatic heterocycles. The Hall–Kier alpha value is -1.38. The number of benzene rings is 1. The highest BCUT2D eigenvalue weighted by atomic mass is 19.1. The third-order valence-corrected chi connectivity index (χ3v) is 2.14. The van der Waals surface area contributed by atoms with Crippen LogP contribution in [-0.4, -0.2) is 13.1 Å². The van der Waals surface area contributed by atoms with E-state index in [1.807, 2.05) is 6.92 Å². The predicted molar refractivity (Wildman–Crippen MR) is 51.4 cm³/mol. The van der Waals surface area contributed by atoms with Gasteiger partial charge in [0.2, 0.25) is 0 Å². The first-order chi connectivity index (χ1) is 6.69. The molecule has 0 fully saturated rings. The molecule has 0 saturated heterocycles. The van der Waals surface area contributed by atoms with Crippen LogP contribution in [0.15, 0.2) is 24.3 Å². The smallest absolute Gasteiger partial charge is 0.313 e. The van der Waals surface area contributed by atoms with Crippen LogP contribution in [0.1, 0.15) is 24.8 Å². The maximum atomic E-state index is 12.9. The Morgan fingerprint density at radius 3 is 2.79 bits per heavy atom. The highest BCUT2D eigenvalue weighted by molar-refractivity contribution is 5.77. The Balaban J connectivity index is 2.94. The molecule has 1 unspecified atom stereocenters. The third-order valence-electron chi connectivity index (χ3n) is 2.14. The zero-order valence-electron chi connectivity index (χ0n) is 8.29. The average Bonchev–Trinajstić information content (AvgIpc) is 2.19. The largest absolute Gasteiger partial charge is 0.469 e. The minimum absolute atomic E-state index is 0.321. The fraction of sp³-hybridized carbons (Fsp3) is 0.364. The summed E-state index contributed by atoms with van der Waals surface area (Å²) < 4.78 is 17.5. The Labute approximate surface area is 82.7 Å². The highest BCUT2D eigenvalue weighted by Gasteiger charge is 2.19. The molecule has 0 saturated carbocycles. The SMILES string of the molecule is CCC(C(=O)OC)c1cccc(F)c1. The van der Waals surface area contributed by atoms with E-state index in [0.717, 1.165) is 0 Å². The van der Waals surface area contributed by atoms with Gasteiger partial charge in [0.05, 0.1) is 13.0 Å². The van der Waals surface area contributed by atoms with E-state index in [0.29, 0.717) is 12.0 Å². The number of carbonyl (C=O) groups is 1. The van der Waals surface area contributed by atoms with Crippen LogP contribution in [0.4, 0.5) is 4.39 Å². The molecule has 0 aliphatic carbocycles. The summed E-state index contributed by atoms with van der Waals surface area (Å²) >= 11 is 0. The topological polar surface area (TPSA) is 26.3 Å². The first-order valence-corrected chi connectivity index (χ1v) is 4.52. The number of halogens is 1. The molecule has 0 bridgehead atoms. The van der Waals surface area contributed by atoms with E-state index in [2.05, 4.69) is 4.74 Å². The lowest BCUT2D eigenvalue weighted by atomic mass is 9.97. The van der Waals surface area contributed by atoms with Crippen LogP contribution in [-0.2, 0) is 9.53 Å². The summed E-state index contributed by atoms with van der Waals surface area (Å²) in [4.78, 5) is 11.3. The van der Waals surface area contributed by atoms with E-state index in [1.54, 1.807) is 12.1 Å². The van der Waals surface area contributed by atoms with Gasteiger partial charge in [0.1, 0.15) is 5.82 Å². The number of hydrogen-bond donors (Lipinski definition) is 0. The predicted octanol–water partition coefficient (Wildman–Crippen LogP) is 2.49. The van der Waals surface area contributed by atoms with E-state index in [1.165, 1.54) is 19.2 Å². The lowest BCUT2D eigenvalue weighted by Gasteiger charge is -2.12. The van der Waals surface area contributed by atoms with Crippen molar-refractivity contribution in [3.05, 3.63) is 35.6 Å². The summed E-state index contributed by atoms with van der Waals surface area (Å²) in [6, 6.07) is 6.04. The lowest BCUT2D eigenvalue weighted by molar-refractivity contribution is -0.142. The van der Waals surface area contributed by atoms with Gasteiger partial charge in [-0.1, -0.05) is 19.1 Å². The van der Waals surface area contributed by atoms with Crippen molar-refractivity contribution in [2.75, 3.05) is 7.11 Å². The minimum Gasteiger partial charge on any atom is -0.469 e. The van der Waals surface area contributed by atoms with Gasteiger partial charge in [0, 0.05) is 0 Å². The van der Waals surface area contributed by atoms with E-state index in [4.69, 9.17) is 0 Å². The lowest BCUT2D eigenvalue weighted by Crippen LogP contribution is -2.13. The van der Waals surface area contributed by atoms with Crippen LogP contribution >= 0.6 is 0 Å². The molecule has 14 heavy (non-hydrogen) atoms. The van der Waals surface area contributed by atoms with Crippen LogP contribution in [0.25, 0.3) is 0 Å². The molecule has 0 spiro atoms. The number of ether oxygens (including phenoxy) is 1. The number of esters is 1. The first kappa shape index (κ1) is 10.7. The zero-order chi connectivity index (χ0) is 10.6. The standard InChI is InChI=1S/C11H13FO2/c1-3-10(11(13)14-2)8-5-4-6-9(12)7-8/h4-7,10H,3H2,1-2H3. The van der Waals surface area contributed by atoms with Crippen molar-refractivity contribution >= 4 is 5.97 Å². The molecule has 0 N–H and O–H groups in total. The molecule has 0 amide bonds. The molecule has 76 valence electrons. The first-order valence-electron chi connectivity index (χ1n) is 4.52. The van der Waals surface area contributed by atoms with E-state index in [9.17, 15) is 9.18 Å². The van der Waals surface area contributed by atoms with Crippen LogP contribution in [0.3, 0.4) is 0 Å². The summed E-state index contributed by atoms with van der Waals surface area (Å²) in [6.07, 6.45) is 0.607. The average molecular weight is 196 g/mol. The Morgan fingerprint density at radius 2 is 2.29 bits per heavy atom. The van der Waals surface area contributed by atoms with E-state index >= 15 is 0 Å². The fourth-order valence-corrected chi connectivity index (χ4v) is 1.40. The molecule has 0 aromatic heterocycles. The molecule has 1 aromatic carbocycles. The maximum absolute atomic E-state index is 12.9. The Kier molecular flexibility index (Phi) is 3.63. The summed E-state index contributed by atoms with van der Waals surface area (Å²) in [5.74, 6) is -1.02.